The molecular weight excluding hydrogens is 188 g/mol. The van der Waals surface area contributed by atoms with Gasteiger partial charge < -0.3 is 4.57 Å². The molecule has 0 bridgehead atoms. The second-order valence-electron chi connectivity index (χ2n) is 3.80. The van der Waals surface area contributed by atoms with Crippen LogP contribution in [0.2, 0.25) is 0 Å². The largest absolute Gasteiger partial charge is 0.334 e. The lowest BCUT2D eigenvalue weighted by atomic mass is 10.3. The van der Waals surface area contributed by atoms with E-state index in [1.807, 2.05) is 31.2 Å². The van der Waals surface area contributed by atoms with E-state index in [-0.39, 0.29) is 0 Å². The predicted octanol–water partition coefficient (Wildman–Crippen LogP) is 1.48. The number of aromatic nitrogens is 4. The summed E-state index contributed by atoms with van der Waals surface area (Å²) in [5, 5.41) is 4.15. The average molecular weight is 204 g/mol. The Bertz CT molecular complexity index is 453. The third-order valence-corrected chi connectivity index (χ3v) is 2.88. The van der Waals surface area contributed by atoms with Gasteiger partial charge in [-0.25, -0.2) is 4.98 Å². The zero-order chi connectivity index (χ0) is 10.8. The van der Waals surface area contributed by atoms with E-state index in [0.717, 1.165) is 18.7 Å². The summed E-state index contributed by atoms with van der Waals surface area (Å²) in [6, 6.07) is 2.05. The Kier molecular flexibility index (Phi) is 2.58. The lowest BCUT2D eigenvalue weighted by Crippen LogP contribution is -2.06. The fraction of sp³-hybridized carbons (Fsp3) is 0.455. The molecular formula is C11H16N4. The molecule has 2 heterocycles. The number of hydrogen-bond donors (Lipinski definition) is 0. The maximum atomic E-state index is 4.28. The van der Waals surface area contributed by atoms with Gasteiger partial charge >= 0.3 is 0 Å². The first kappa shape index (κ1) is 9.96. The van der Waals surface area contributed by atoms with Gasteiger partial charge in [-0.05, 0) is 19.9 Å². The summed E-state index contributed by atoms with van der Waals surface area (Å²) >= 11 is 0. The van der Waals surface area contributed by atoms with Crippen molar-refractivity contribution in [3.63, 3.8) is 0 Å². The summed E-state index contributed by atoms with van der Waals surface area (Å²) in [5.74, 6) is 0. The van der Waals surface area contributed by atoms with Crippen LogP contribution in [0.3, 0.4) is 0 Å². The summed E-state index contributed by atoms with van der Waals surface area (Å²) in [4.78, 5) is 4.28. The molecule has 0 atom stereocenters. The number of aryl methyl sites for hydroxylation is 4. The molecule has 4 heteroatoms. The summed E-state index contributed by atoms with van der Waals surface area (Å²) < 4.78 is 4.10. The molecule has 0 aromatic carbocycles. The highest BCUT2D eigenvalue weighted by Gasteiger charge is 2.03. The highest BCUT2D eigenvalue weighted by Crippen LogP contribution is 2.06. The molecule has 2 aromatic heterocycles. The molecule has 0 aliphatic heterocycles. The monoisotopic (exact) mass is 204 g/mol. The third-order valence-electron chi connectivity index (χ3n) is 2.88. The lowest BCUT2D eigenvalue weighted by molar-refractivity contribution is 0.627. The van der Waals surface area contributed by atoms with Gasteiger partial charge in [0.2, 0.25) is 0 Å². The van der Waals surface area contributed by atoms with Crippen LogP contribution in [-0.2, 0) is 20.0 Å². The van der Waals surface area contributed by atoms with E-state index in [1.54, 1.807) is 0 Å². The minimum atomic E-state index is 0.964. The fourth-order valence-electron chi connectivity index (χ4n) is 1.65. The van der Waals surface area contributed by atoms with Crippen molar-refractivity contribution in [2.24, 2.45) is 7.05 Å². The van der Waals surface area contributed by atoms with Gasteiger partial charge in [-0.15, -0.1) is 0 Å². The number of rotatable bonds is 3. The Morgan fingerprint density at radius 2 is 2.13 bits per heavy atom. The molecule has 2 rings (SSSR count). The van der Waals surface area contributed by atoms with E-state index in [2.05, 4.69) is 27.6 Å². The molecule has 0 saturated carbocycles. The van der Waals surface area contributed by atoms with Crippen molar-refractivity contribution in [3.05, 3.63) is 35.7 Å². The van der Waals surface area contributed by atoms with Crippen molar-refractivity contribution in [2.75, 3.05) is 0 Å². The third kappa shape index (κ3) is 1.93. The molecule has 0 spiro atoms. The summed E-state index contributed by atoms with van der Waals surface area (Å²) in [6.07, 6.45) is 4.73. The van der Waals surface area contributed by atoms with E-state index in [4.69, 9.17) is 0 Å². The first-order valence-corrected chi connectivity index (χ1v) is 5.13. The van der Waals surface area contributed by atoms with Crippen molar-refractivity contribution in [3.8, 4) is 0 Å². The van der Waals surface area contributed by atoms with Crippen molar-refractivity contribution in [1.82, 2.24) is 19.3 Å². The van der Waals surface area contributed by atoms with Crippen LogP contribution in [0.15, 0.2) is 18.6 Å². The number of hydrogen-bond acceptors (Lipinski definition) is 2. The first-order valence-electron chi connectivity index (χ1n) is 5.13. The molecule has 0 aliphatic carbocycles. The molecule has 80 valence electrons. The van der Waals surface area contributed by atoms with E-state index in [1.165, 1.54) is 11.4 Å². The molecule has 0 radical (unpaired) electrons. The second-order valence-corrected chi connectivity index (χ2v) is 3.80. The van der Waals surface area contributed by atoms with Crippen LogP contribution < -0.4 is 0 Å². The molecule has 0 fully saturated rings. The van der Waals surface area contributed by atoms with Crippen LogP contribution in [0.1, 0.15) is 17.1 Å². The van der Waals surface area contributed by atoms with Gasteiger partial charge in [0.25, 0.3) is 0 Å². The van der Waals surface area contributed by atoms with E-state index in [9.17, 15) is 0 Å². The maximum absolute atomic E-state index is 4.28. The summed E-state index contributed by atoms with van der Waals surface area (Å²) in [7, 11) is 1.97. The second kappa shape index (κ2) is 3.88. The Balaban J connectivity index is 2.05. The van der Waals surface area contributed by atoms with Crippen molar-refractivity contribution >= 4 is 0 Å². The molecule has 0 saturated heterocycles. The van der Waals surface area contributed by atoms with Crippen LogP contribution in [-0.4, -0.2) is 19.3 Å². The highest BCUT2D eigenvalue weighted by molar-refractivity contribution is 5.09. The quantitative estimate of drug-likeness (QED) is 0.759. The average Bonchev–Trinajstić information content (AvgIpc) is 2.74. The zero-order valence-corrected chi connectivity index (χ0v) is 9.44. The number of nitrogens with zero attached hydrogens (tertiary/aromatic N) is 4. The van der Waals surface area contributed by atoms with Gasteiger partial charge in [0.05, 0.1) is 12.0 Å². The highest BCUT2D eigenvalue weighted by atomic mass is 15.3. The Hall–Kier alpha value is -1.58. The Morgan fingerprint density at radius 3 is 2.67 bits per heavy atom. The normalized spacial score (nSPS) is 10.9. The van der Waals surface area contributed by atoms with Crippen molar-refractivity contribution < 1.29 is 0 Å². The molecule has 15 heavy (non-hydrogen) atoms. The van der Waals surface area contributed by atoms with Crippen LogP contribution >= 0.6 is 0 Å². The molecule has 2 aromatic rings. The first-order chi connectivity index (χ1) is 7.18. The van der Waals surface area contributed by atoms with Gasteiger partial charge in [0, 0.05) is 37.6 Å². The minimum Gasteiger partial charge on any atom is -0.334 e. The van der Waals surface area contributed by atoms with Crippen LogP contribution in [0, 0.1) is 13.8 Å². The summed E-state index contributed by atoms with van der Waals surface area (Å²) in [5.41, 5.74) is 3.61. The fourth-order valence-corrected chi connectivity index (χ4v) is 1.65. The standard InChI is InChI=1S/C11H16N4/c1-9-10(2)15(8-12-9)7-5-11-4-6-13-14(11)3/h4,6,8H,5,7H2,1-3H3. The zero-order valence-electron chi connectivity index (χ0n) is 9.44. The molecule has 0 unspecified atom stereocenters. The van der Waals surface area contributed by atoms with Crippen LogP contribution in [0.25, 0.3) is 0 Å². The predicted molar refractivity (Wildman–Crippen MR) is 58.6 cm³/mol. The SMILES string of the molecule is Cc1ncn(CCc2ccnn2C)c1C. The van der Waals surface area contributed by atoms with Crippen LogP contribution in [0.4, 0.5) is 0 Å². The number of imidazole rings is 1. The van der Waals surface area contributed by atoms with Gasteiger partial charge in [0.15, 0.2) is 0 Å². The molecule has 0 N–H and O–H groups in total. The lowest BCUT2D eigenvalue weighted by Gasteiger charge is -2.05. The Morgan fingerprint density at radius 1 is 1.33 bits per heavy atom. The van der Waals surface area contributed by atoms with Gasteiger partial charge in [-0.1, -0.05) is 0 Å². The van der Waals surface area contributed by atoms with E-state index < -0.39 is 0 Å². The van der Waals surface area contributed by atoms with E-state index >= 15 is 0 Å². The molecule has 0 amide bonds. The minimum absolute atomic E-state index is 0.964. The Labute approximate surface area is 89.6 Å². The van der Waals surface area contributed by atoms with Gasteiger partial charge in [0.1, 0.15) is 0 Å². The van der Waals surface area contributed by atoms with Crippen molar-refractivity contribution in [1.29, 1.82) is 0 Å². The molecule has 0 aliphatic rings. The maximum Gasteiger partial charge on any atom is 0.0951 e. The van der Waals surface area contributed by atoms with Gasteiger partial charge in [-0.3, -0.25) is 4.68 Å². The smallest absolute Gasteiger partial charge is 0.0951 e. The molecule has 4 nitrogen and oxygen atoms in total. The van der Waals surface area contributed by atoms with Crippen LogP contribution in [0.5, 0.6) is 0 Å². The summed E-state index contributed by atoms with van der Waals surface area (Å²) in [6.45, 7) is 5.10. The van der Waals surface area contributed by atoms with E-state index in [0.29, 0.717) is 0 Å². The topological polar surface area (TPSA) is 35.6 Å². The van der Waals surface area contributed by atoms with Gasteiger partial charge in [-0.2, -0.15) is 5.10 Å². The van der Waals surface area contributed by atoms with Crippen molar-refractivity contribution in [2.45, 2.75) is 26.8 Å².